The molecule has 1 aliphatic rings. The van der Waals surface area contributed by atoms with Crippen molar-refractivity contribution >= 4 is 16.8 Å². The second-order valence-electron chi connectivity index (χ2n) is 5.97. The van der Waals surface area contributed by atoms with Crippen molar-refractivity contribution in [3.05, 3.63) is 35.4 Å². The van der Waals surface area contributed by atoms with E-state index < -0.39 is 10.8 Å². The fourth-order valence-corrected chi connectivity index (χ4v) is 4.10. The van der Waals surface area contributed by atoms with Crippen LogP contribution in [0.1, 0.15) is 68.2 Å². The topological polar surface area (TPSA) is 43.4 Å². The summed E-state index contributed by atoms with van der Waals surface area (Å²) in [6, 6.07) is 8.47. The van der Waals surface area contributed by atoms with Gasteiger partial charge >= 0.3 is 5.97 Å². The maximum absolute atomic E-state index is 12.2. The number of hydrogen-bond acceptors (Lipinski definition) is 3. The molecule has 2 unspecified atom stereocenters. The van der Waals surface area contributed by atoms with Gasteiger partial charge in [-0.15, -0.1) is 0 Å². The lowest BCUT2D eigenvalue weighted by atomic mass is 9.84. The molecule has 0 heterocycles. The van der Waals surface area contributed by atoms with E-state index in [-0.39, 0.29) is 17.0 Å². The van der Waals surface area contributed by atoms with E-state index in [4.69, 9.17) is 4.74 Å². The van der Waals surface area contributed by atoms with E-state index in [2.05, 4.69) is 24.3 Å². The van der Waals surface area contributed by atoms with Crippen molar-refractivity contribution < 1.29 is 13.7 Å². The molecule has 4 heteroatoms. The Hall–Kier alpha value is -1.16. The zero-order valence-corrected chi connectivity index (χ0v) is 14.4. The minimum Gasteiger partial charge on any atom is -0.465 e. The number of rotatable bonds is 6. The third kappa shape index (κ3) is 4.67. The van der Waals surface area contributed by atoms with Crippen LogP contribution >= 0.6 is 0 Å². The first-order valence-corrected chi connectivity index (χ1v) is 9.62. The molecule has 0 bridgehead atoms. The van der Waals surface area contributed by atoms with Crippen molar-refractivity contribution in [3.8, 4) is 0 Å². The molecule has 0 amide bonds. The molecule has 0 N–H and O–H groups in total. The summed E-state index contributed by atoms with van der Waals surface area (Å²) in [6.07, 6.45) is 6.57. The molecular formula is C18H26O3S. The Balaban J connectivity index is 1.96. The van der Waals surface area contributed by atoms with Crippen LogP contribution in [0, 0.1) is 0 Å². The quantitative estimate of drug-likeness (QED) is 0.740. The van der Waals surface area contributed by atoms with E-state index in [0.717, 1.165) is 5.56 Å². The van der Waals surface area contributed by atoms with Crippen LogP contribution in [0.2, 0.25) is 0 Å². The summed E-state index contributed by atoms with van der Waals surface area (Å²) >= 11 is 0. The number of carbonyl (C=O) groups excluding carboxylic acids is 1. The molecule has 1 aromatic carbocycles. The van der Waals surface area contributed by atoms with E-state index in [1.807, 2.05) is 6.92 Å². The van der Waals surface area contributed by atoms with Gasteiger partial charge in [0.05, 0.1) is 11.9 Å². The standard InChI is InChI=1S/C18H26O3S/c1-3-21-18(19)13-22(20)14(2)15-9-11-17(12-10-15)16-7-5-4-6-8-16/h9-12,14,16H,3-8,13H2,1-2H3. The molecule has 22 heavy (non-hydrogen) atoms. The van der Waals surface area contributed by atoms with Crippen molar-refractivity contribution in [1.29, 1.82) is 0 Å². The van der Waals surface area contributed by atoms with Gasteiger partial charge < -0.3 is 4.74 Å². The maximum Gasteiger partial charge on any atom is 0.318 e. The van der Waals surface area contributed by atoms with Gasteiger partial charge in [0.25, 0.3) is 0 Å². The largest absolute Gasteiger partial charge is 0.465 e. The van der Waals surface area contributed by atoms with Crippen molar-refractivity contribution in [2.24, 2.45) is 0 Å². The summed E-state index contributed by atoms with van der Waals surface area (Å²) in [4.78, 5) is 11.4. The summed E-state index contributed by atoms with van der Waals surface area (Å²) in [5, 5.41) is -0.148. The van der Waals surface area contributed by atoms with Crippen LogP contribution in [0.3, 0.4) is 0 Å². The normalized spacial score (nSPS) is 18.6. The minimum atomic E-state index is -1.23. The van der Waals surface area contributed by atoms with Crippen LogP contribution in [-0.2, 0) is 20.3 Å². The van der Waals surface area contributed by atoms with Gasteiger partial charge in [0.1, 0.15) is 5.75 Å². The molecule has 0 radical (unpaired) electrons. The van der Waals surface area contributed by atoms with E-state index >= 15 is 0 Å². The molecule has 0 aromatic heterocycles. The van der Waals surface area contributed by atoms with Crippen LogP contribution in [0.15, 0.2) is 24.3 Å². The zero-order valence-electron chi connectivity index (χ0n) is 13.5. The number of benzene rings is 1. The number of esters is 1. The molecule has 1 fully saturated rings. The van der Waals surface area contributed by atoms with E-state index in [9.17, 15) is 9.00 Å². The third-order valence-electron chi connectivity index (χ3n) is 4.44. The Morgan fingerprint density at radius 1 is 1.23 bits per heavy atom. The molecule has 0 spiro atoms. The van der Waals surface area contributed by atoms with Gasteiger partial charge in [-0.05, 0) is 43.7 Å². The Kier molecular flexibility index (Phi) is 6.62. The summed E-state index contributed by atoms with van der Waals surface area (Å²) in [5.41, 5.74) is 2.43. The van der Waals surface area contributed by atoms with E-state index in [1.165, 1.54) is 37.7 Å². The highest BCUT2D eigenvalue weighted by atomic mass is 32.2. The van der Waals surface area contributed by atoms with Crippen molar-refractivity contribution in [2.45, 2.75) is 57.1 Å². The first-order valence-electron chi connectivity index (χ1n) is 8.24. The van der Waals surface area contributed by atoms with Crippen LogP contribution < -0.4 is 0 Å². The van der Waals surface area contributed by atoms with Crippen LogP contribution in [0.4, 0.5) is 0 Å². The van der Waals surface area contributed by atoms with Gasteiger partial charge in [0.15, 0.2) is 0 Å². The van der Waals surface area contributed by atoms with Crippen LogP contribution in [0.25, 0.3) is 0 Å². The predicted octanol–water partition coefficient (Wildman–Crippen LogP) is 4.11. The highest BCUT2D eigenvalue weighted by Gasteiger charge is 2.19. The molecule has 1 aromatic rings. The second-order valence-corrected chi connectivity index (χ2v) is 7.73. The highest BCUT2D eigenvalue weighted by Crippen LogP contribution is 2.33. The summed E-state index contributed by atoms with van der Waals surface area (Å²) in [5.74, 6) is 0.272. The Bertz CT molecular complexity index is 504. The van der Waals surface area contributed by atoms with Gasteiger partial charge in [-0.3, -0.25) is 9.00 Å². The third-order valence-corrected chi connectivity index (χ3v) is 6.02. The molecule has 122 valence electrons. The molecule has 1 saturated carbocycles. The lowest BCUT2D eigenvalue weighted by Crippen LogP contribution is -2.17. The molecule has 3 nitrogen and oxygen atoms in total. The summed E-state index contributed by atoms with van der Waals surface area (Å²) in [6.45, 7) is 4.00. The van der Waals surface area contributed by atoms with Gasteiger partial charge in [-0.1, -0.05) is 43.5 Å². The molecule has 1 aliphatic carbocycles. The van der Waals surface area contributed by atoms with E-state index in [0.29, 0.717) is 12.5 Å². The zero-order chi connectivity index (χ0) is 15.9. The summed E-state index contributed by atoms with van der Waals surface area (Å²) in [7, 11) is -1.23. The number of ether oxygens (including phenoxy) is 1. The Labute approximate surface area is 135 Å². The molecular weight excluding hydrogens is 296 g/mol. The van der Waals surface area contributed by atoms with Crippen molar-refractivity contribution in [1.82, 2.24) is 0 Å². The summed E-state index contributed by atoms with van der Waals surface area (Å²) < 4.78 is 17.1. The SMILES string of the molecule is CCOC(=O)CS(=O)C(C)c1ccc(C2CCCCC2)cc1. The molecule has 0 saturated heterocycles. The molecule has 2 rings (SSSR count). The monoisotopic (exact) mass is 322 g/mol. The Morgan fingerprint density at radius 2 is 1.86 bits per heavy atom. The molecule has 0 aliphatic heterocycles. The van der Waals surface area contributed by atoms with Gasteiger partial charge in [0, 0.05) is 10.8 Å². The van der Waals surface area contributed by atoms with Crippen LogP contribution in [0.5, 0.6) is 0 Å². The first kappa shape index (κ1) is 17.2. The highest BCUT2D eigenvalue weighted by molar-refractivity contribution is 7.85. The van der Waals surface area contributed by atoms with Gasteiger partial charge in [0.2, 0.25) is 0 Å². The smallest absolute Gasteiger partial charge is 0.318 e. The van der Waals surface area contributed by atoms with Gasteiger partial charge in [-0.25, -0.2) is 0 Å². The van der Waals surface area contributed by atoms with Gasteiger partial charge in [-0.2, -0.15) is 0 Å². The predicted molar refractivity (Wildman–Crippen MR) is 90.3 cm³/mol. The fraction of sp³-hybridized carbons (Fsp3) is 0.611. The lowest BCUT2D eigenvalue weighted by Gasteiger charge is -2.22. The number of carbonyl (C=O) groups is 1. The number of hydrogen-bond donors (Lipinski definition) is 0. The lowest BCUT2D eigenvalue weighted by molar-refractivity contribution is -0.139. The van der Waals surface area contributed by atoms with Crippen LogP contribution in [-0.4, -0.2) is 22.5 Å². The van der Waals surface area contributed by atoms with E-state index in [1.54, 1.807) is 6.92 Å². The molecule has 2 atom stereocenters. The average Bonchev–Trinajstić information content (AvgIpc) is 2.55. The first-order chi connectivity index (χ1) is 10.6. The average molecular weight is 322 g/mol. The Morgan fingerprint density at radius 3 is 2.45 bits per heavy atom. The second kappa shape index (κ2) is 8.47. The van der Waals surface area contributed by atoms with Crippen molar-refractivity contribution in [3.63, 3.8) is 0 Å². The minimum absolute atomic E-state index is 0.0284. The van der Waals surface area contributed by atoms with Crippen molar-refractivity contribution in [2.75, 3.05) is 12.4 Å². The fourth-order valence-electron chi connectivity index (χ4n) is 3.07. The maximum atomic E-state index is 12.2.